The number of aryl methyl sites for hydroxylation is 1. The molecule has 0 atom stereocenters. The number of thiophene rings is 2. The Morgan fingerprint density at radius 3 is 2.20 bits per heavy atom. The number of nitrogens with zero attached hydrogens (tertiary/aromatic N) is 2. The maximum Gasteiger partial charge on any atom is 0.340 e. The third-order valence-corrected chi connectivity index (χ3v) is 8.21. The van der Waals surface area contributed by atoms with Crippen LogP contribution in [0.1, 0.15) is 25.7 Å². The number of carbonyl (C=O) groups is 2. The van der Waals surface area contributed by atoms with Gasteiger partial charge in [-0.05, 0) is 29.8 Å². The summed E-state index contributed by atoms with van der Waals surface area (Å²) >= 11 is 8.90. The molecular weight excluding hydrogens is 606 g/mol. The lowest BCUT2D eigenvalue weighted by molar-refractivity contribution is 0.0600. The van der Waals surface area contributed by atoms with Gasteiger partial charge in [0, 0.05) is 11.4 Å². The zero-order valence-electron chi connectivity index (χ0n) is 21.8. The maximum absolute atomic E-state index is 13.6. The summed E-state index contributed by atoms with van der Waals surface area (Å²) in [6, 6.07) is 6.20. The van der Waals surface area contributed by atoms with Crippen molar-refractivity contribution in [2.24, 2.45) is 5.14 Å². The number of ether oxygens (including phenoxy) is 4. The second-order valence-corrected chi connectivity index (χ2v) is 11.2. The highest BCUT2D eigenvalue weighted by molar-refractivity contribution is 7.89. The lowest BCUT2D eigenvalue weighted by Gasteiger charge is -2.25. The zero-order valence-corrected chi connectivity index (χ0v) is 25.0. The third-order valence-electron chi connectivity index (χ3n) is 5.17. The Hall–Kier alpha value is -3.63. The molecule has 1 aromatic carbocycles. The van der Waals surface area contributed by atoms with Crippen LogP contribution >= 0.6 is 34.3 Å². The number of primary sulfonamides is 1. The topological polar surface area (TPSA) is 160 Å². The predicted octanol–water partition coefficient (Wildman–Crippen LogP) is 4.88. The molecule has 4 rings (SSSR count). The molecule has 0 aliphatic rings. The van der Waals surface area contributed by atoms with Gasteiger partial charge in [-0.25, -0.2) is 23.3 Å². The van der Waals surface area contributed by atoms with Crippen LogP contribution in [0.25, 0.3) is 0 Å². The predicted molar refractivity (Wildman–Crippen MR) is 150 cm³/mol. The zero-order chi connectivity index (χ0) is 29.6. The van der Waals surface area contributed by atoms with Gasteiger partial charge in [-0.2, -0.15) is 11.3 Å². The van der Waals surface area contributed by atoms with E-state index in [9.17, 15) is 18.0 Å². The van der Waals surface area contributed by atoms with E-state index in [-0.39, 0.29) is 44.3 Å². The Kier molecular flexibility index (Phi) is 10.2. The summed E-state index contributed by atoms with van der Waals surface area (Å²) in [5.74, 6) is -0.962. The minimum absolute atomic E-state index is 0.00319. The second kappa shape index (κ2) is 13.1. The highest BCUT2D eigenvalue weighted by Gasteiger charge is 2.36. The van der Waals surface area contributed by atoms with Crippen molar-refractivity contribution >= 4 is 67.7 Å². The molecule has 0 spiro atoms. The Balaban J connectivity index is 0.000000415. The van der Waals surface area contributed by atoms with E-state index in [0.29, 0.717) is 10.6 Å². The molecule has 214 valence electrons. The van der Waals surface area contributed by atoms with Gasteiger partial charge in [0.1, 0.15) is 16.4 Å². The third kappa shape index (κ3) is 6.39. The van der Waals surface area contributed by atoms with Crippen LogP contribution in [0, 0.1) is 6.92 Å². The SMILES string of the molecule is COC(=O)c1cc(OC)c(OC)c(OC)c1N(C(=O)c1cccs1)c1onc(C)c1Cl.NS(=O)(=O)c1ccsc1. The molecule has 0 saturated heterocycles. The van der Waals surface area contributed by atoms with E-state index in [2.05, 4.69) is 5.16 Å². The van der Waals surface area contributed by atoms with Gasteiger partial charge in [-0.15, -0.1) is 11.3 Å². The van der Waals surface area contributed by atoms with Crippen molar-refractivity contribution in [1.29, 1.82) is 0 Å². The molecule has 0 unspecified atom stereocenters. The number of hydrogen-bond acceptors (Lipinski definition) is 12. The summed E-state index contributed by atoms with van der Waals surface area (Å²) in [5, 5.41) is 13.6. The monoisotopic (exact) mass is 629 g/mol. The van der Waals surface area contributed by atoms with Crippen molar-refractivity contribution in [3.63, 3.8) is 0 Å². The number of carbonyl (C=O) groups excluding carboxylic acids is 2. The Bertz CT molecular complexity index is 1590. The average molecular weight is 630 g/mol. The highest BCUT2D eigenvalue weighted by atomic mass is 35.5. The fourth-order valence-corrected chi connectivity index (χ4v) is 5.70. The number of halogens is 1. The summed E-state index contributed by atoms with van der Waals surface area (Å²) in [6.45, 7) is 1.62. The summed E-state index contributed by atoms with van der Waals surface area (Å²) in [6.07, 6.45) is 0. The maximum atomic E-state index is 13.6. The van der Waals surface area contributed by atoms with Gasteiger partial charge in [0.15, 0.2) is 11.5 Å². The van der Waals surface area contributed by atoms with E-state index < -0.39 is 21.9 Å². The van der Waals surface area contributed by atoms with Gasteiger partial charge >= 0.3 is 5.97 Å². The highest BCUT2D eigenvalue weighted by Crippen LogP contribution is 2.50. The molecule has 0 saturated carbocycles. The number of sulfonamides is 1. The van der Waals surface area contributed by atoms with Gasteiger partial charge < -0.3 is 23.5 Å². The smallest absolute Gasteiger partial charge is 0.340 e. The number of rotatable bonds is 8. The van der Waals surface area contributed by atoms with Crippen LogP contribution in [0.2, 0.25) is 5.02 Å². The van der Waals surface area contributed by atoms with Gasteiger partial charge in [-0.1, -0.05) is 22.8 Å². The summed E-state index contributed by atoms with van der Waals surface area (Å²) in [4.78, 5) is 27.9. The summed E-state index contributed by atoms with van der Waals surface area (Å²) in [7, 11) is 1.94. The molecule has 1 amide bonds. The van der Waals surface area contributed by atoms with E-state index in [4.69, 9.17) is 40.2 Å². The lowest BCUT2D eigenvalue weighted by Crippen LogP contribution is -2.28. The first-order chi connectivity index (χ1) is 19.0. The minimum Gasteiger partial charge on any atom is -0.493 e. The number of benzene rings is 1. The van der Waals surface area contributed by atoms with Crippen molar-refractivity contribution in [3.8, 4) is 17.2 Å². The van der Waals surface area contributed by atoms with Gasteiger partial charge in [0.05, 0.1) is 43.8 Å². The van der Waals surface area contributed by atoms with Crippen molar-refractivity contribution < 1.29 is 41.5 Å². The number of nitrogens with two attached hydrogens (primary N) is 1. The van der Waals surface area contributed by atoms with E-state index in [1.807, 2.05) is 0 Å². The van der Waals surface area contributed by atoms with E-state index in [1.54, 1.807) is 29.8 Å². The molecule has 2 N–H and O–H groups in total. The first kappa shape index (κ1) is 30.9. The number of hydrogen-bond donors (Lipinski definition) is 1. The molecule has 0 radical (unpaired) electrons. The van der Waals surface area contributed by atoms with Gasteiger partial charge in [0.2, 0.25) is 15.8 Å². The largest absolute Gasteiger partial charge is 0.493 e. The van der Waals surface area contributed by atoms with Gasteiger partial charge in [-0.3, -0.25) is 4.79 Å². The molecule has 0 aliphatic carbocycles. The number of aromatic nitrogens is 1. The molecule has 0 fully saturated rings. The molecule has 3 aromatic heterocycles. The van der Waals surface area contributed by atoms with Crippen LogP contribution in [0.15, 0.2) is 49.8 Å². The van der Waals surface area contributed by atoms with Crippen molar-refractivity contribution in [2.75, 3.05) is 33.3 Å². The Labute approximate surface area is 242 Å². The van der Waals surface area contributed by atoms with E-state index in [0.717, 1.165) is 4.90 Å². The Morgan fingerprint density at radius 2 is 1.77 bits per heavy atom. The second-order valence-electron chi connectivity index (χ2n) is 7.54. The summed E-state index contributed by atoms with van der Waals surface area (Å²) in [5.41, 5.74) is 0.329. The fraction of sp³-hybridized carbons (Fsp3) is 0.208. The lowest BCUT2D eigenvalue weighted by atomic mass is 10.1. The van der Waals surface area contributed by atoms with Crippen LogP contribution in [0.4, 0.5) is 11.6 Å². The van der Waals surface area contributed by atoms with E-state index >= 15 is 0 Å². The van der Waals surface area contributed by atoms with Crippen LogP contribution in [-0.2, 0) is 14.8 Å². The van der Waals surface area contributed by atoms with Crippen molar-refractivity contribution in [1.82, 2.24) is 5.16 Å². The van der Waals surface area contributed by atoms with Crippen molar-refractivity contribution in [2.45, 2.75) is 11.8 Å². The standard InChI is InChI=1S/C20H19ClN2O7S.C4H5NO2S2/c1-10-14(21)19(30-22-10)23(18(24)13-7-6-8-31-13)15-11(20(25)29-5)9-12(26-2)16(27-3)17(15)28-4;5-9(6,7)4-1-2-8-3-4/h6-9H,1-5H3;1-3H,(H2,5,6,7). The van der Waals surface area contributed by atoms with Crippen LogP contribution < -0.4 is 24.2 Å². The Morgan fingerprint density at radius 1 is 1.07 bits per heavy atom. The first-order valence-corrected chi connectivity index (χ1v) is 14.7. The molecule has 3 heterocycles. The number of esters is 1. The van der Waals surface area contributed by atoms with Crippen LogP contribution in [-0.4, -0.2) is 53.9 Å². The molecule has 0 aliphatic heterocycles. The number of amides is 1. The first-order valence-electron chi connectivity index (χ1n) is 11.0. The quantitative estimate of drug-likeness (QED) is 0.266. The summed E-state index contributed by atoms with van der Waals surface area (Å²) < 4.78 is 47.6. The molecular formula is C24H24ClN3O9S3. The number of methoxy groups -OCH3 is 4. The van der Waals surface area contributed by atoms with Crippen LogP contribution in [0.3, 0.4) is 0 Å². The van der Waals surface area contributed by atoms with Crippen LogP contribution in [0.5, 0.6) is 17.2 Å². The van der Waals surface area contributed by atoms with Gasteiger partial charge in [0.25, 0.3) is 11.8 Å². The average Bonchev–Trinajstić information content (AvgIpc) is 3.72. The number of anilines is 2. The molecule has 12 nitrogen and oxygen atoms in total. The molecule has 16 heteroatoms. The van der Waals surface area contributed by atoms with Crippen molar-refractivity contribution in [3.05, 3.63) is 61.6 Å². The molecule has 40 heavy (non-hydrogen) atoms. The fourth-order valence-electron chi connectivity index (χ4n) is 3.33. The van der Waals surface area contributed by atoms with E-state index in [1.165, 1.54) is 68.6 Å². The molecule has 0 bridgehead atoms. The molecule has 4 aromatic rings. The minimum atomic E-state index is -3.45. The normalized spacial score (nSPS) is 10.8.